The second-order valence-corrected chi connectivity index (χ2v) is 9.07. The smallest absolute Gasteiger partial charge is 0.229 e. The molecular weight excluding hydrogens is 412 g/mol. The van der Waals surface area contributed by atoms with Crippen LogP contribution in [0.25, 0.3) is 21.8 Å². The summed E-state index contributed by atoms with van der Waals surface area (Å²) >= 11 is 0. The Bertz CT molecular complexity index is 1380. The quantitative estimate of drug-likeness (QED) is 0.251. The number of fused-ring (bicyclic) bond motifs is 2. The van der Waals surface area contributed by atoms with Gasteiger partial charge in [-0.1, -0.05) is 23.4 Å². The fraction of sp³-hybridized carbons (Fsp3) is 0.136. The average molecular weight is 435 g/mol. The Labute approximate surface area is 180 Å². The number of nitrogens with one attached hydrogen (secondary N) is 2. The number of benzene rings is 3. The van der Waals surface area contributed by atoms with Crippen molar-refractivity contribution in [1.82, 2.24) is 9.99 Å². The highest BCUT2D eigenvalue weighted by Crippen LogP contribution is 2.35. The SMILES string of the molecule is CN(C)N=Nc1ccc2c(Nc3ccc(NS(C)(=O)=O)cc3)c3ccccc3nc2c1. The predicted octanol–water partition coefficient (Wildman–Crippen LogP) is 5.06. The molecule has 0 atom stereocenters. The molecule has 0 aliphatic carbocycles. The van der Waals surface area contributed by atoms with E-state index in [1.165, 1.54) is 0 Å². The van der Waals surface area contributed by atoms with Gasteiger partial charge in [-0.2, -0.15) is 0 Å². The van der Waals surface area contributed by atoms with E-state index in [9.17, 15) is 8.42 Å². The van der Waals surface area contributed by atoms with Crippen LogP contribution in [0.1, 0.15) is 0 Å². The Hall–Kier alpha value is -3.72. The maximum Gasteiger partial charge on any atom is 0.229 e. The normalized spacial score (nSPS) is 11.8. The van der Waals surface area contributed by atoms with Crippen LogP contribution in [-0.2, 0) is 10.0 Å². The third-order valence-corrected chi connectivity index (χ3v) is 5.07. The largest absolute Gasteiger partial charge is 0.354 e. The van der Waals surface area contributed by atoms with Crippen molar-refractivity contribution in [1.29, 1.82) is 0 Å². The molecule has 0 fully saturated rings. The first-order valence-corrected chi connectivity index (χ1v) is 11.4. The highest BCUT2D eigenvalue weighted by Gasteiger charge is 2.11. The molecule has 2 N–H and O–H groups in total. The van der Waals surface area contributed by atoms with Crippen LogP contribution in [0, 0.1) is 0 Å². The summed E-state index contributed by atoms with van der Waals surface area (Å²) in [4.78, 5) is 4.79. The van der Waals surface area contributed by atoms with Crippen LogP contribution < -0.4 is 10.0 Å². The molecule has 4 rings (SSSR count). The zero-order chi connectivity index (χ0) is 22.0. The van der Waals surface area contributed by atoms with Crippen molar-refractivity contribution < 1.29 is 8.42 Å². The van der Waals surface area contributed by atoms with Crippen LogP contribution >= 0.6 is 0 Å². The minimum atomic E-state index is -3.32. The summed E-state index contributed by atoms with van der Waals surface area (Å²) in [6.45, 7) is 0. The first-order valence-electron chi connectivity index (χ1n) is 9.55. The van der Waals surface area contributed by atoms with Gasteiger partial charge in [-0.05, 0) is 48.5 Å². The number of hydrogen-bond acceptors (Lipinski definition) is 6. The fourth-order valence-corrected chi connectivity index (χ4v) is 3.76. The van der Waals surface area contributed by atoms with E-state index < -0.39 is 10.0 Å². The third-order valence-electron chi connectivity index (χ3n) is 4.46. The van der Waals surface area contributed by atoms with Crippen molar-refractivity contribution in [3.05, 3.63) is 66.7 Å². The maximum absolute atomic E-state index is 11.4. The zero-order valence-corrected chi connectivity index (χ0v) is 18.2. The third kappa shape index (κ3) is 4.89. The molecule has 8 nitrogen and oxygen atoms in total. The van der Waals surface area contributed by atoms with Gasteiger partial charge in [0.15, 0.2) is 0 Å². The standard InChI is InChI=1S/C22H22N6O2S/c1-28(2)27-25-17-12-13-19-21(14-17)24-20-7-5-4-6-18(20)22(19)23-15-8-10-16(11-9-15)26-31(3,29)30/h4-14,26H,1-3H3,(H,23,24). The summed E-state index contributed by atoms with van der Waals surface area (Å²) in [6.07, 6.45) is 1.13. The van der Waals surface area contributed by atoms with Crippen molar-refractivity contribution >= 4 is 54.6 Å². The molecule has 9 heteroatoms. The van der Waals surface area contributed by atoms with Gasteiger partial charge in [-0.3, -0.25) is 9.73 Å². The Kier molecular flexibility index (Phi) is 5.43. The molecule has 0 radical (unpaired) electrons. The van der Waals surface area contributed by atoms with E-state index in [4.69, 9.17) is 4.98 Å². The molecule has 0 bridgehead atoms. The van der Waals surface area contributed by atoms with Crippen LogP contribution in [0.2, 0.25) is 0 Å². The molecular formula is C22H22N6O2S. The molecule has 0 spiro atoms. The summed E-state index contributed by atoms with van der Waals surface area (Å²) in [5, 5.41) is 15.3. The number of pyridine rings is 1. The molecule has 0 unspecified atom stereocenters. The van der Waals surface area contributed by atoms with Gasteiger partial charge in [0.05, 0.1) is 28.7 Å². The maximum atomic E-state index is 11.4. The lowest BCUT2D eigenvalue weighted by Gasteiger charge is -2.14. The van der Waals surface area contributed by atoms with Crippen LogP contribution in [0.5, 0.6) is 0 Å². The van der Waals surface area contributed by atoms with Crippen LogP contribution in [0.3, 0.4) is 0 Å². The van der Waals surface area contributed by atoms with Crippen molar-refractivity contribution in [2.75, 3.05) is 30.4 Å². The molecule has 0 amide bonds. The van der Waals surface area contributed by atoms with Gasteiger partial charge in [0.1, 0.15) is 0 Å². The van der Waals surface area contributed by atoms with E-state index in [2.05, 4.69) is 20.4 Å². The first kappa shape index (κ1) is 20.5. The van der Waals surface area contributed by atoms with Gasteiger partial charge in [0.2, 0.25) is 10.0 Å². The van der Waals surface area contributed by atoms with E-state index in [1.54, 1.807) is 17.1 Å². The lowest BCUT2D eigenvalue weighted by molar-refractivity contribution is 0.408. The summed E-state index contributed by atoms with van der Waals surface area (Å²) in [5.41, 5.74) is 4.62. The second-order valence-electron chi connectivity index (χ2n) is 7.32. The number of hydrogen-bond donors (Lipinski definition) is 2. The summed E-state index contributed by atoms with van der Waals surface area (Å²) in [7, 11) is 0.310. The molecule has 0 aliphatic heterocycles. The van der Waals surface area contributed by atoms with E-state index in [0.717, 1.165) is 39.4 Å². The van der Waals surface area contributed by atoms with Crippen molar-refractivity contribution in [2.45, 2.75) is 0 Å². The monoisotopic (exact) mass is 434 g/mol. The average Bonchev–Trinajstić information content (AvgIpc) is 2.72. The van der Waals surface area contributed by atoms with E-state index >= 15 is 0 Å². The van der Waals surface area contributed by atoms with Crippen molar-refractivity contribution in [3.63, 3.8) is 0 Å². The van der Waals surface area contributed by atoms with Crippen LogP contribution in [-0.4, -0.2) is 38.8 Å². The van der Waals surface area contributed by atoms with E-state index in [0.29, 0.717) is 11.4 Å². The van der Waals surface area contributed by atoms with Crippen molar-refractivity contribution in [3.8, 4) is 0 Å². The van der Waals surface area contributed by atoms with Gasteiger partial charge in [0, 0.05) is 36.2 Å². The molecule has 0 saturated heterocycles. The van der Waals surface area contributed by atoms with E-state index in [-0.39, 0.29) is 0 Å². The Morgan fingerprint density at radius 2 is 1.55 bits per heavy atom. The summed E-state index contributed by atoms with van der Waals surface area (Å²) in [6, 6.07) is 20.8. The van der Waals surface area contributed by atoms with Gasteiger partial charge < -0.3 is 5.32 Å². The Morgan fingerprint density at radius 1 is 0.871 bits per heavy atom. The number of anilines is 3. The van der Waals surface area contributed by atoms with Gasteiger partial charge in [0.25, 0.3) is 0 Å². The van der Waals surface area contributed by atoms with E-state index in [1.807, 2.05) is 68.7 Å². The van der Waals surface area contributed by atoms with Crippen LogP contribution in [0.15, 0.2) is 77.1 Å². The van der Waals surface area contributed by atoms with Gasteiger partial charge >= 0.3 is 0 Å². The highest BCUT2D eigenvalue weighted by atomic mass is 32.2. The minimum Gasteiger partial charge on any atom is -0.354 e. The lowest BCUT2D eigenvalue weighted by Crippen LogP contribution is -2.09. The zero-order valence-electron chi connectivity index (χ0n) is 17.4. The highest BCUT2D eigenvalue weighted by molar-refractivity contribution is 7.92. The predicted molar refractivity (Wildman–Crippen MR) is 126 cm³/mol. The summed E-state index contributed by atoms with van der Waals surface area (Å²) in [5.74, 6) is 0. The molecule has 0 aliphatic rings. The van der Waals surface area contributed by atoms with Crippen LogP contribution in [0.4, 0.5) is 22.7 Å². The van der Waals surface area contributed by atoms with Crippen molar-refractivity contribution in [2.24, 2.45) is 10.3 Å². The number of nitrogens with zero attached hydrogens (tertiary/aromatic N) is 4. The second kappa shape index (κ2) is 8.19. The number of aromatic nitrogens is 1. The molecule has 158 valence electrons. The number of para-hydroxylation sites is 1. The number of rotatable bonds is 6. The molecule has 31 heavy (non-hydrogen) atoms. The lowest BCUT2D eigenvalue weighted by atomic mass is 10.1. The Morgan fingerprint density at radius 3 is 2.26 bits per heavy atom. The minimum absolute atomic E-state index is 0.508. The molecule has 0 saturated carbocycles. The molecule has 3 aromatic carbocycles. The summed E-state index contributed by atoms with van der Waals surface area (Å²) < 4.78 is 25.3. The fourth-order valence-electron chi connectivity index (χ4n) is 3.20. The number of sulfonamides is 1. The Balaban J connectivity index is 1.77. The van der Waals surface area contributed by atoms with Gasteiger partial charge in [-0.25, -0.2) is 13.4 Å². The first-order chi connectivity index (χ1) is 14.8. The molecule has 1 aromatic heterocycles. The molecule has 1 heterocycles. The topological polar surface area (TPSA) is 99.0 Å². The molecule has 4 aromatic rings. The van der Waals surface area contributed by atoms with Gasteiger partial charge in [-0.15, -0.1) is 5.11 Å².